The molecule has 0 aromatic heterocycles. The minimum Gasteiger partial charge on any atom is -0.297 e. The molecule has 0 aromatic rings. The number of aliphatic imine (C=N–C) groups is 1. The summed E-state index contributed by atoms with van der Waals surface area (Å²) in [5.74, 6) is 5.29. The van der Waals surface area contributed by atoms with Gasteiger partial charge in [0.2, 0.25) is 0 Å². The molecule has 4 nitrogen and oxygen atoms in total. The Morgan fingerprint density at radius 2 is 2.30 bits per heavy atom. The Hall–Kier alpha value is -0.900. The summed E-state index contributed by atoms with van der Waals surface area (Å²) in [7, 11) is 0. The summed E-state index contributed by atoms with van der Waals surface area (Å²) in [4.78, 5) is 14.4. The fraction of sp³-hybridized carbons (Fsp3) is 0.667. The molecule has 4 heteroatoms. The molecule has 2 N–H and O–H groups in total. The first-order chi connectivity index (χ1) is 4.63. The number of rotatable bonds is 0. The zero-order valence-corrected chi connectivity index (χ0v) is 6.11. The second kappa shape index (κ2) is 2.38. The first-order valence-corrected chi connectivity index (χ1v) is 3.24. The lowest BCUT2D eigenvalue weighted by atomic mass is 10.0. The van der Waals surface area contributed by atoms with Crippen LogP contribution >= 0.6 is 0 Å². The van der Waals surface area contributed by atoms with E-state index in [1.54, 1.807) is 0 Å². The van der Waals surface area contributed by atoms with Gasteiger partial charge in [-0.05, 0) is 6.92 Å². The average Bonchev–Trinajstić information content (AvgIpc) is 1.93. The predicted molar refractivity (Wildman–Crippen MR) is 38.2 cm³/mol. The molecule has 10 heavy (non-hydrogen) atoms. The number of amides is 1. The third-order valence-electron chi connectivity index (χ3n) is 1.90. The highest BCUT2D eigenvalue weighted by Crippen LogP contribution is 2.11. The van der Waals surface area contributed by atoms with Crippen LogP contribution in [0.4, 0.5) is 0 Å². The monoisotopic (exact) mass is 141 g/mol. The van der Waals surface area contributed by atoms with Crippen molar-refractivity contribution in [3.63, 3.8) is 0 Å². The van der Waals surface area contributed by atoms with Crippen LogP contribution in [0.1, 0.15) is 13.8 Å². The molecular weight excluding hydrogens is 130 g/mol. The highest BCUT2D eigenvalue weighted by atomic mass is 16.1. The van der Waals surface area contributed by atoms with Crippen LogP contribution in [0.25, 0.3) is 0 Å². The van der Waals surface area contributed by atoms with Crippen molar-refractivity contribution in [2.45, 2.75) is 19.9 Å². The maximum Gasteiger partial charge on any atom is 0.252 e. The van der Waals surface area contributed by atoms with Gasteiger partial charge in [-0.3, -0.25) is 9.80 Å². The molecule has 1 heterocycles. The largest absolute Gasteiger partial charge is 0.297 e. The van der Waals surface area contributed by atoms with Gasteiger partial charge in [0.15, 0.2) is 0 Å². The molecule has 1 amide bonds. The molecule has 56 valence electrons. The van der Waals surface area contributed by atoms with Crippen LogP contribution in [0.2, 0.25) is 0 Å². The lowest BCUT2D eigenvalue weighted by molar-refractivity contribution is -0.123. The van der Waals surface area contributed by atoms with Gasteiger partial charge in [-0.2, -0.15) is 0 Å². The van der Waals surface area contributed by atoms with Gasteiger partial charge in [0.05, 0.1) is 12.0 Å². The van der Waals surface area contributed by atoms with E-state index < -0.39 is 0 Å². The zero-order valence-electron chi connectivity index (χ0n) is 6.11. The van der Waals surface area contributed by atoms with Crippen molar-refractivity contribution in [3.8, 4) is 0 Å². The molecule has 0 aromatic carbocycles. The Bertz CT molecular complexity index is 178. The number of hydrazine groups is 1. The minimum absolute atomic E-state index is 0.0602. The second-order valence-electron chi connectivity index (χ2n) is 2.56. The van der Waals surface area contributed by atoms with Crippen LogP contribution in [0.3, 0.4) is 0 Å². The highest BCUT2D eigenvalue weighted by Gasteiger charge is 2.25. The van der Waals surface area contributed by atoms with Gasteiger partial charge in [0.1, 0.15) is 6.34 Å². The molecule has 0 saturated carbocycles. The van der Waals surface area contributed by atoms with Crippen molar-refractivity contribution in [2.24, 2.45) is 16.8 Å². The van der Waals surface area contributed by atoms with Gasteiger partial charge in [-0.25, -0.2) is 10.8 Å². The van der Waals surface area contributed by atoms with E-state index in [9.17, 15) is 4.79 Å². The molecule has 1 aliphatic heterocycles. The van der Waals surface area contributed by atoms with Crippen LogP contribution in [0.5, 0.6) is 0 Å². The average molecular weight is 141 g/mol. The van der Waals surface area contributed by atoms with Crippen molar-refractivity contribution in [3.05, 3.63) is 0 Å². The Morgan fingerprint density at radius 3 is 2.80 bits per heavy atom. The lowest BCUT2D eigenvalue weighted by Gasteiger charge is -2.28. The molecule has 1 rings (SSSR count). The number of hydrogen-bond acceptors (Lipinski definition) is 3. The van der Waals surface area contributed by atoms with Crippen LogP contribution in [-0.2, 0) is 4.79 Å². The van der Waals surface area contributed by atoms with Crippen LogP contribution in [-0.4, -0.2) is 23.3 Å². The number of nitrogens with two attached hydrogens (primary N) is 1. The molecule has 0 bridgehead atoms. The van der Waals surface area contributed by atoms with E-state index in [0.717, 1.165) is 0 Å². The summed E-state index contributed by atoms with van der Waals surface area (Å²) in [5.41, 5.74) is 0. The van der Waals surface area contributed by atoms with Crippen molar-refractivity contribution in [1.82, 2.24) is 5.01 Å². The minimum atomic E-state index is -0.0887. The number of carbonyl (C=O) groups is 1. The maximum absolute atomic E-state index is 10.9. The first-order valence-electron chi connectivity index (χ1n) is 3.24. The van der Waals surface area contributed by atoms with E-state index >= 15 is 0 Å². The normalized spacial score (nSPS) is 33.1. The van der Waals surface area contributed by atoms with Crippen molar-refractivity contribution >= 4 is 12.2 Å². The van der Waals surface area contributed by atoms with Crippen LogP contribution < -0.4 is 5.84 Å². The Kier molecular flexibility index (Phi) is 1.72. The predicted octanol–water partition coefficient (Wildman–Crippen LogP) is -0.245. The van der Waals surface area contributed by atoms with E-state index in [1.807, 2.05) is 13.8 Å². The molecular formula is C6H11N3O. The summed E-state index contributed by atoms with van der Waals surface area (Å²) in [6.45, 7) is 3.72. The van der Waals surface area contributed by atoms with Crippen molar-refractivity contribution in [2.75, 3.05) is 0 Å². The Balaban J connectivity index is 2.79. The molecule has 0 spiro atoms. The van der Waals surface area contributed by atoms with E-state index in [2.05, 4.69) is 4.99 Å². The van der Waals surface area contributed by atoms with Gasteiger partial charge >= 0.3 is 0 Å². The first kappa shape index (κ1) is 7.21. The van der Waals surface area contributed by atoms with Crippen LogP contribution in [0.15, 0.2) is 4.99 Å². The quantitative estimate of drug-likeness (QED) is 0.473. The van der Waals surface area contributed by atoms with E-state index in [-0.39, 0.29) is 17.9 Å². The van der Waals surface area contributed by atoms with Gasteiger partial charge in [-0.1, -0.05) is 6.92 Å². The summed E-state index contributed by atoms with van der Waals surface area (Å²) < 4.78 is 0. The van der Waals surface area contributed by atoms with Gasteiger partial charge in [-0.15, -0.1) is 0 Å². The molecule has 0 aliphatic carbocycles. The molecule has 0 fully saturated rings. The molecule has 2 atom stereocenters. The lowest BCUT2D eigenvalue weighted by Crippen LogP contribution is -2.47. The number of carbonyl (C=O) groups excluding carboxylic acids is 1. The maximum atomic E-state index is 10.9. The van der Waals surface area contributed by atoms with Gasteiger partial charge < -0.3 is 0 Å². The van der Waals surface area contributed by atoms with E-state index in [1.165, 1.54) is 11.3 Å². The fourth-order valence-corrected chi connectivity index (χ4v) is 0.811. The molecule has 0 saturated heterocycles. The van der Waals surface area contributed by atoms with Gasteiger partial charge in [0.25, 0.3) is 5.91 Å². The Labute approximate surface area is 59.7 Å². The van der Waals surface area contributed by atoms with Crippen molar-refractivity contribution < 1.29 is 4.79 Å². The summed E-state index contributed by atoms with van der Waals surface area (Å²) in [6, 6.07) is 0.0602. The van der Waals surface area contributed by atoms with Crippen molar-refractivity contribution in [1.29, 1.82) is 0 Å². The number of nitrogens with zero attached hydrogens (tertiary/aromatic N) is 2. The fourth-order valence-electron chi connectivity index (χ4n) is 0.811. The molecule has 1 aliphatic rings. The van der Waals surface area contributed by atoms with E-state index in [0.29, 0.717) is 0 Å². The zero-order chi connectivity index (χ0) is 7.72. The molecule has 0 radical (unpaired) electrons. The van der Waals surface area contributed by atoms with Crippen LogP contribution in [0, 0.1) is 5.92 Å². The SMILES string of the molecule is CC1C(=O)N=CN(N)C1C. The standard InChI is InChI=1S/C6H11N3O/c1-4-5(2)9(7)3-8-6(4)10/h3-5H,7H2,1-2H3. The topological polar surface area (TPSA) is 58.7 Å². The third kappa shape index (κ3) is 1.02. The van der Waals surface area contributed by atoms with E-state index in [4.69, 9.17) is 5.84 Å². The Morgan fingerprint density at radius 1 is 1.70 bits per heavy atom. The summed E-state index contributed by atoms with van der Waals surface area (Å²) in [5, 5.41) is 1.45. The molecule has 2 unspecified atom stereocenters. The summed E-state index contributed by atoms with van der Waals surface area (Å²) >= 11 is 0. The summed E-state index contributed by atoms with van der Waals surface area (Å²) in [6.07, 6.45) is 1.37. The second-order valence-corrected chi connectivity index (χ2v) is 2.56. The highest BCUT2D eigenvalue weighted by molar-refractivity contribution is 5.88. The number of hydrogen-bond donors (Lipinski definition) is 1. The van der Waals surface area contributed by atoms with Gasteiger partial charge in [0, 0.05) is 0 Å². The smallest absolute Gasteiger partial charge is 0.252 e. The third-order valence-corrected chi connectivity index (χ3v) is 1.90.